The van der Waals surface area contributed by atoms with E-state index in [0.717, 1.165) is 23.1 Å². The van der Waals surface area contributed by atoms with Crippen LogP contribution in [0.1, 0.15) is 30.5 Å². The maximum absolute atomic E-state index is 13.4. The Balaban J connectivity index is 1.92. The van der Waals surface area contributed by atoms with Crippen molar-refractivity contribution in [3.63, 3.8) is 0 Å². The molecule has 0 unspecified atom stereocenters. The van der Waals surface area contributed by atoms with Gasteiger partial charge in [-0.3, -0.25) is 4.79 Å². The molecule has 3 aromatic rings. The molecule has 2 N–H and O–H groups in total. The van der Waals surface area contributed by atoms with E-state index in [-0.39, 0.29) is 16.3 Å². The number of anilines is 1. The molecule has 0 bridgehead atoms. The van der Waals surface area contributed by atoms with Crippen LogP contribution in [0.4, 0.5) is 5.69 Å². The summed E-state index contributed by atoms with van der Waals surface area (Å²) in [5.41, 5.74) is 3.42. The number of ether oxygens (including phenoxy) is 1. The number of halogens is 1. The van der Waals surface area contributed by atoms with Crippen LogP contribution in [0.2, 0.25) is 5.02 Å². The normalized spacial score (nSPS) is 12.2. The third kappa shape index (κ3) is 6.38. The van der Waals surface area contributed by atoms with Gasteiger partial charge in [-0.2, -0.15) is 4.72 Å². The number of benzene rings is 3. The number of carbonyl (C=O) groups is 1. The third-order valence-corrected chi connectivity index (χ3v) is 7.16. The Kier molecular flexibility index (Phi) is 8.72. The molecular formula is C26H29ClN2O4S. The summed E-state index contributed by atoms with van der Waals surface area (Å²) in [6, 6.07) is 18.3. The molecule has 180 valence electrons. The summed E-state index contributed by atoms with van der Waals surface area (Å²) < 4.78 is 34.4. The minimum Gasteiger partial charge on any atom is -0.492 e. The smallest absolute Gasteiger partial charge is 0.242 e. The molecule has 0 aliphatic rings. The lowest BCUT2D eigenvalue weighted by Gasteiger charge is -2.21. The first-order valence-electron chi connectivity index (χ1n) is 11.1. The second-order valence-electron chi connectivity index (χ2n) is 7.84. The van der Waals surface area contributed by atoms with E-state index >= 15 is 0 Å². The van der Waals surface area contributed by atoms with E-state index in [0.29, 0.717) is 18.0 Å². The van der Waals surface area contributed by atoms with Gasteiger partial charge in [0, 0.05) is 5.69 Å². The fourth-order valence-electron chi connectivity index (χ4n) is 3.63. The van der Waals surface area contributed by atoms with Gasteiger partial charge in [-0.25, -0.2) is 8.42 Å². The minimum absolute atomic E-state index is 0.0445. The highest BCUT2D eigenvalue weighted by molar-refractivity contribution is 7.89. The van der Waals surface area contributed by atoms with Crippen LogP contribution >= 0.6 is 11.6 Å². The van der Waals surface area contributed by atoms with Crippen molar-refractivity contribution in [1.82, 2.24) is 4.72 Å². The summed E-state index contributed by atoms with van der Waals surface area (Å²) in [5.74, 6) is -0.0400. The standard InChI is InChI=1S/C26H29ClN2O4S/c1-4-20-13-9-10-18(3)25(20)28-26(30)23(16-19-11-7-6-8-12-19)29-34(31,32)21-14-15-24(33-5-2)22(27)17-21/h6-15,17,23,29H,4-5,16H2,1-3H3,(H,28,30)/t23-/m0/s1. The minimum atomic E-state index is -4.05. The first-order chi connectivity index (χ1) is 16.2. The topological polar surface area (TPSA) is 84.5 Å². The number of nitrogens with one attached hydrogen (secondary N) is 2. The van der Waals surface area contributed by atoms with Crippen molar-refractivity contribution in [2.75, 3.05) is 11.9 Å². The van der Waals surface area contributed by atoms with Crippen LogP contribution in [0.5, 0.6) is 5.75 Å². The lowest BCUT2D eigenvalue weighted by atomic mass is 10.0. The van der Waals surface area contributed by atoms with Gasteiger partial charge in [-0.15, -0.1) is 0 Å². The van der Waals surface area contributed by atoms with E-state index in [2.05, 4.69) is 10.0 Å². The number of amides is 1. The van der Waals surface area contributed by atoms with Crippen molar-refractivity contribution < 1.29 is 17.9 Å². The van der Waals surface area contributed by atoms with Gasteiger partial charge in [-0.05, 0) is 61.6 Å². The Bertz CT molecular complexity index is 1250. The molecule has 0 aliphatic heterocycles. The van der Waals surface area contributed by atoms with Crippen molar-refractivity contribution >= 4 is 33.2 Å². The van der Waals surface area contributed by atoms with Crippen LogP contribution in [0.3, 0.4) is 0 Å². The van der Waals surface area contributed by atoms with Crippen LogP contribution in [0, 0.1) is 6.92 Å². The molecule has 3 rings (SSSR count). The first kappa shape index (κ1) is 25.7. The number of aryl methyl sites for hydroxylation is 2. The highest BCUT2D eigenvalue weighted by Crippen LogP contribution is 2.28. The average molecular weight is 501 g/mol. The van der Waals surface area contributed by atoms with Crippen molar-refractivity contribution in [2.45, 2.75) is 44.6 Å². The van der Waals surface area contributed by atoms with Gasteiger partial charge >= 0.3 is 0 Å². The lowest BCUT2D eigenvalue weighted by molar-refractivity contribution is -0.117. The number of rotatable bonds is 10. The van der Waals surface area contributed by atoms with Gasteiger partial charge in [0.1, 0.15) is 11.8 Å². The zero-order valence-electron chi connectivity index (χ0n) is 19.5. The van der Waals surface area contributed by atoms with Gasteiger partial charge < -0.3 is 10.1 Å². The molecule has 0 fully saturated rings. The van der Waals surface area contributed by atoms with Crippen molar-refractivity contribution in [2.24, 2.45) is 0 Å². The summed E-state index contributed by atoms with van der Waals surface area (Å²) >= 11 is 6.20. The number of hydrogen-bond acceptors (Lipinski definition) is 4. The Morgan fingerprint density at radius 3 is 2.41 bits per heavy atom. The number of carbonyl (C=O) groups excluding carboxylic acids is 1. The Labute approximate surface area is 206 Å². The fourth-order valence-corrected chi connectivity index (χ4v) is 5.15. The van der Waals surface area contributed by atoms with Crippen LogP contribution in [0.15, 0.2) is 71.6 Å². The van der Waals surface area contributed by atoms with Crippen LogP contribution in [0.25, 0.3) is 0 Å². The number of hydrogen-bond donors (Lipinski definition) is 2. The van der Waals surface area contributed by atoms with Crippen LogP contribution in [-0.4, -0.2) is 27.0 Å². The maximum Gasteiger partial charge on any atom is 0.242 e. The van der Waals surface area contributed by atoms with Gasteiger partial charge in [0.15, 0.2) is 0 Å². The zero-order chi connectivity index (χ0) is 24.7. The predicted octanol–water partition coefficient (Wildman–Crippen LogP) is 5.14. The van der Waals surface area contributed by atoms with Gasteiger partial charge in [0.05, 0.1) is 16.5 Å². The van der Waals surface area contributed by atoms with Crippen LogP contribution in [-0.2, 0) is 27.7 Å². The SMILES string of the molecule is CCOc1ccc(S(=O)(=O)N[C@@H](Cc2ccccc2)C(=O)Nc2c(C)cccc2CC)cc1Cl. The molecule has 6 nitrogen and oxygen atoms in total. The van der Waals surface area contributed by atoms with Gasteiger partial charge in [0.25, 0.3) is 0 Å². The molecule has 34 heavy (non-hydrogen) atoms. The van der Waals surface area contributed by atoms with Gasteiger partial charge in [0.2, 0.25) is 15.9 Å². The predicted molar refractivity (Wildman–Crippen MR) is 136 cm³/mol. The highest BCUT2D eigenvalue weighted by atomic mass is 35.5. The zero-order valence-corrected chi connectivity index (χ0v) is 21.0. The third-order valence-electron chi connectivity index (χ3n) is 5.40. The van der Waals surface area contributed by atoms with E-state index in [9.17, 15) is 13.2 Å². The Morgan fingerprint density at radius 1 is 1.03 bits per heavy atom. The second-order valence-corrected chi connectivity index (χ2v) is 9.96. The average Bonchev–Trinajstić information content (AvgIpc) is 2.81. The fraction of sp³-hybridized carbons (Fsp3) is 0.269. The molecular weight excluding hydrogens is 472 g/mol. The molecule has 1 atom stereocenters. The summed E-state index contributed by atoms with van der Waals surface area (Å²) in [5, 5.41) is 3.13. The maximum atomic E-state index is 13.4. The number of para-hydroxylation sites is 1. The van der Waals surface area contributed by atoms with E-state index in [1.807, 2.05) is 69.3 Å². The largest absolute Gasteiger partial charge is 0.492 e. The molecule has 0 saturated heterocycles. The number of sulfonamides is 1. The second kappa shape index (κ2) is 11.5. The summed E-state index contributed by atoms with van der Waals surface area (Å²) in [6.45, 7) is 6.13. The van der Waals surface area contributed by atoms with E-state index in [1.165, 1.54) is 18.2 Å². The molecule has 0 aliphatic carbocycles. The molecule has 8 heteroatoms. The van der Waals surface area contributed by atoms with Crippen molar-refractivity contribution in [1.29, 1.82) is 0 Å². The van der Waals surface area contributed by atoms with E-state index in [1.54, 1.807) is 0 Å². The molecule has 1 amide bonds. The van der Waals surface area contributed by atoms with Gasteiger partial charge in [-0.1, -0.05) is 67.1 Å². The lowest BCUT2D eigenvalue weighted by Crippen LogP contribution is -2.45. The molecule has 0 spiro atoms. The van der Waals surface area contributed by atoms with E-state index < -0.39 is 22.0 Å². The Hall–Kier alpha value is -2.87. The molecule has 0 saturated carbocycles. The highest BCUT2D eigenvalue weighted by Gasteiger charge is 2.27. The quantitative estimate of drug-likeness (QED) is 0.404. The van der Waals surface area contributed by atoms with Crippen molar-refractivity contribution in [3.8, 4) is 5.75 Å². The molecule has 3 aromatic carbocycles. The van der Waals surface area contributed by atoms with Crippen molar-refractivity contribution in [3.05, 3.63) is 88.4 Å². The summed E-state index contributed by atoms with van der Waals surface area (Å²) in [6.07, 6.45) is 0.918. The summed E-state index contributed by atoms with van der Waals surface area (Å²) in [7, 11) is -4.05. The van der Waals surface area contributed by atoms with Crippen LogP contribution < -0.4 is 14.8 Å². The Morgan fingerprint density at radius 2 is 1.76 bits per heavy atom. The molecule has 0 radical (unpaired) electrons. The molecule has 0 heterocycles. The summed E-state index contributed by atoms with van der Waals surface area (Å²) in [4.78, 5) is 13.3. The van der Waals surface area contributed by atoms with E-state index in [4.69, 9.17) is 16.3 Å². The monoisotopic (exact) mass is 500 g/mol. The first-order valence-corrected chi connectivity index (χ1v) is 13.0. The molecule has 0 aromatic heterocycles.